The Hall–Kier alpha value is -3.45. The third-order valence-corrected chi connectivity index (χ3v) is 6.51. The van der Waals surface area contributed by atoms with Gasteiger partial charge in [0.2, 0.25) is 11.8 Å². The van der Waals surface area contributed by atoms with Crippen LogP contribution in [0.15, 0.2) is 60.8 Å². The fourth-order valence-corrected chi connectivity index (χ4v) is 4.71. The van der Waals surface area contributed by atoms with Gasteiger partial charge in [-0.3, -0.25) is 14.5 Å². The second-order valence-electron chi connectivity index (χ2n) is 9.20. The number of rotatable bonds is 8. The van der Waals surface area contributed by atoms with Crippen LogP contribution in [0.5, 0.6) is 0 Å². The zero-order valence-corrected chi connectivity index (χ0v) is 19.8. The standard InChI is InChI=1S/C27H33N5O2/c1-18(2)32-14-6-11-24(32)27(34)31-23(26(33)30-17-19-12-13-25(28)29-16-19)15-21-9-5-8-20-7-3-4-10-22(20)21/h3-5,7-10,12-13,16,18,23-24H,6,11,14-15,17H2,1-2H3,(H2,28,29)(H,30,33)(H,31,34)/t23-,24+/m0/s1. The SMILES string of the molecule is CC(C)N1CCC[C@@H]1C(=O)N[C@@H](Cc1cccc2ccccc12)C(=O)NCc1ccc(N)nc1. The molecule has 3 aromatic rings. The van der Waals surface area contributed by atoms with Gasteiger partial charge in [-0.05, 0) is 61.2 Å². The van der Waals surface area contributed by atoms with Gasteiger partial charge in [-0.25, -0.2) is 4.98 Å². The van der Waals surface area contributed by atoms with Crippen LogP contribution in [0.25, 0.3) is 10.8 Å². The van der Waals surface area contributed by atoms with E-state index in [1.165, 1.54) is 0 Å². The van der Waals surface area contributed by atoms with Crippen LogP contribution in [0, 0.1) is 0 Å². The highest BCUT2D eigenvalue weighted by molar-refractivity contribution is 5.91. The van der Waals surface area contributed by atoms with E-state index in [4.69, 9.17) is 5.73 Å². The van der Waals surface area contributed by atoms with Gasteiger partial charge >= 0.3 is 0 Å². The van der Waals surface area contributed by atoms with Gasteiger partial charge in [0, 0.05) is 25.2 Å². The number of likely N-dealkylation sites (tertiary alicyclic amines) is 1. The normalized spacial score (nSPS) is 17.1. The molecular weight excluding hydrogens is 426 g/mol. The molecule has 1 aromatic heterocycles. The number of nitrogen functional groups attached to an aromatic ring is 1. The monoisotopic (exact) mass is 459 g/mol. The van der Waals surface area contributed by atoms with Crippen LogP contribution < -0.4 is 16.4 Å². The Balaban J connectivity index is 1.54. The highest BCUT2D eigenvalue weighted by atomic mass is 16.2. The number of aromatic nitrogens is 1. The number of nitrogens with two attached hydrogens (primary N) is 1. The molecule has 4 N–H and O–H groups in total. The molecule has 0 aliphatic carbocycles. The number of amides is 2. The molecule has 2 atom stereocenters. The minimum atomic E-state index is -0.686. The summed E-state index contributed by atoms with van der Waals surface area (Å²) in [5, 5.41) is 8.24. The smallest absolute Gasteiger partial charge is 0.243 e. The maximum absolute atomic E-state index is 13.3. The average Bonchev–Trinajstić information content (AvgIpc) is 3.34. The number of carbonyl (C=O) groups is 2. The van der Waals surface area contributed by atoms with Crippen LogP contribution in [0.1, 0.15) is 37.8 Å². The fraction of sp³-hybridized carbons (Fsp3) is 0.370. The highest BCUT2D eigenvalue weighted by Crippen LogP contribution is 2.22. The Morgan fingerprint density at radius 1 is 1.12 bits per heavy atom. The lowest BCUT2D eigenvalue weighted by Crippen LogP contribution is -2.53. The van der Waals surface area contributed by atoms with E-state index in [0.29, 0.717) is 18.8 Å². The third-order valence-electron chi connectivity index (χ3n) is 6.51. The van der Waals surface area contributed by atoms with Crippen LogP contribution in [0.4, 0.5) is 5.82 Å². The van der Waals surface area contributed by atoms with Crippen molar-refractivity contribution in [3.8, 4) is 0 Å². The van der Waals surface area contributed by atoms with Crippen molar-refractivity contribution in [3.05, 3.63) is 71.9 Å². The summed E-state index contributed by atoms with van der Waals surface area (Å²) in [5.74, 6) is 0.135. The number of anilines is 1. The molecule has 7 nitrogen and oxygen atoms in total. The molecule has 4 rings (SSSR count). The molecule has 0 saturated carbocycles. The summed E-state index contributed by atoms with van der Waals surface area (Å²) in [6, 6.07) is 17.1. The number of hydrogen-bond acceptors (Lipinski definition) is 5. The summed E-state index contributed by atoms with van der Waals surface area (Å²) in [5.41, 5.74) is 7.53. The first-order valence-electron chi connectivity index (χ1n) is 11.9. The molecule has 1 aliphatic heterocycles. The fourth-order valence-electron chi connectivity index (χ4n) is 4.71. The first kappa shape index (κ1) is 23.7. The summed E-state index contributed by atoms with van der Waals surface area (Å²) in [6.07, 6.45) is 3.85. The summed E-state index contributed by atoms with van der Waals surface area (Å²) in [7, 11) is 0. The molecule has 7 heteroatoms. The molecule has 1 aliphatic rings. The van der Waals surface area contributed by atoms with Crippen molar-refractivity contribution in [3.63, 3.8) is 0 Å². The molecule has 2 amide bonds. The number of pyridine rings is 1. The van der Waals surface area contributed by atoms with Crippen LogP contribution in [-0.4, -0.2) is 46.4 Å². The van der Waals surface area contributed by atoms with Crippen molar-refractivity contribution in [2.45, 2.75) is 57.8 Å². The van der Waals surface area contributed by atoms with Gasteiger partial charge in [-0.2, -0.15) is 0 Å². The summed E-state index contributed by atoms with van der Waals surface area (Å²) < 4.78 is 0. The van der Waals surface area contributed by atoms with E-state index in [9.17, 15) is 9.59 Å². The van der Waals surface area contributed by atoms with Gasteiger partial charge < -0.3 is 16.4 Å². The van der Waals surface area contributed by atoms with Gasteiger partial charge in [0.25, 0.3) is 0 Å². The zero-order chi connectivity index (χ0) is 24.1. The van der Waals surface area contributed by atoms with Gasteiger partial charge in [-0.1, -0.05) is 48.5 Å². The van der Waals surface area contributed by atoms with Crippen LogP contribution >= 0.6 is 0 Å². The molecule has 0 unspecified atom stereocenters. The first-order chi connectivity index (χ1) is 16.4. The van der Waals surface area contributed by atoms with Crippen molar-refractivity contribution in [2.24, 2.45) is 0 Å². The average molecular weight is 460 g/mol. The number of benzene rings is 2. The van der Waals surface area contributed by atoms with Crippen molar-refractivity contribution in [2.75, 3.05) is 12.3 Å². The minimum absolute atomic E-state index is 0.0826. The lowest BCUT2D eigenvalue weighted by Gasteiger charge is -2.29. The molecule has 1 saturated heterocycles. The van der Waals surface area contributed by atoms with Gasteiger partial charge in [0.05, 0.1) is 6.04 Å². The van der Waals surface area contributed by atoms with Crippen molar-refractivity contribution >= 4 is 28.4 Å². The van der Waals surface area contributed by atoms with E-state index in [2.05, 4.69) is 52.6 Å². The molecular formula is C27H33N5O2. The lowest BCUT2D eigenvalue weighted by molar-refractivity contribution is -0.131. The number of hydrogen-bond donors (Lipinski definition) is 3. The predicted octanol–water partition coefficient (Wildman–Crippen LogP) is 3.03. The van der Waals surface area contributed by atoms with Crippen LogP contribution in [0.2, 0.25) is 0 Å². The molecule has 1 fully saturated rings. The predicted molar refractivity (Wildman–Crippen MR) is 135 cm³/mol. The molecule has 0 spiro atoms. The van der Waals surface area contributed by atoms with E-state index >= 15 is 0 Å². The highest BCUT2D eigenvalue weighted by Gasteiger charge is 2.34. The molecule has 0 bridgehead atoms. The van der Waals surface area contributed by atoms with Crippen molar-refractivity contribution in [1.29, 1.82) is 0 Å². The number of nitrogens with zero attached hydrogens (tertiary/aromatic N) is 2. The van der Waals surface area contributed by atoms with E-state index in [1.54, 1.807) is 12.3 Å². The number of nitrogens with one attached hydrogen (secondary N) is 2. The molecule has 178 valence electrons. The Morgan fingerprint density at radius 3 is 2.68 bits per heavy atom. The first-order valence-corrected chi connectivity index (χ1v) is 11.9. The zero-order valence-electron chi connectivity index (χ0n) is 19.8. The van der Waals surface area contributed by atoms with Crippen LogP contribution in [-0.2, 0) is 22.6 Å². The Morgan fingerprint density at radius 2 is 1.91 bits per heavy atom. The van der Waals surface area contributed by atoms with E-state index in [1.807, 2.05) is 30.3 Å². The van der Waals surface area contributed by atoms with Crippen LogP contribution in [0.3, 0.4) is 0 Å². The summed E-state index contributed by atoms with van der Waals surface area (Å²) in [6.45, 7) is 5.43. The second-order valence-corrected chi connectivity index (χ2v) is 9.20. The van der Waals surface area contributed by atoms with Crippen molar-refractivity contribution < 1.29 is 9.59 Å². The van der Waals surface area contributed by atoms with E-state index < -0.39 is 6.04 Å². The number of carbonyl (C=O) groups excluding carboxylic acids is 2. The second kappa shape index (κ2) is 10.7. The molecule has 34 heavy (non-hydrogen) atoms. The van der Waals surface area contributed by atoms with Crippen molar-refractivity contribution in [1.82, 2.24) is 20.5 Å². The van der Waals surface area contributed by atoms with Gasteiger partial charge in [0.15, 0.2) is 0 Å². The van der Waals surface area contributed by atoms with E-state index in [0.717, 1.165) is 41.3 Å². The Labute approximate surface area is 200 Å². The third kappa shape index (κ3) is 5.54. The maximum atomic E-state index is 13.3. The lowest BCUT2D eigenvalue weighted by atomic mass is 9.98. The topological polar surface area (TPSA) is 100 Å². The van der Waals surface area contributed by atoms with Gasteiger partial charge in [0.1, 0.15) is 11.9 Å². The minimum Gasteiger partial charge on any atom is -0.384 e. The Bertz CT molecular complexity index is 1140. The number of fused-ring (bicyclic) bond motifs is 1. The molecule has 2 aromatic carbocycles. The molecule has 0 radical (unpaired) electrons. The summed E-state index contributed by atoms with van der Waals surface area (Å²) >= 11 is 0. The van der Waals surface area contributed by atoms with E-state index in [-0.39, 0.29) is 23.9 Å². The quantitative estimate of drug-likeness (QED) is 0.481. The van der Waals surface area contributed by atoms with Gasteiger partial charge in [-0.15, -0.1) is 0 Å². The Kier molecular flexibility index (Phi) is 7.43. The molecule has 2 heterocycles. The largest absolute Gasteiger partial charge is 0.384 e. The summed E-state index contributed by atoms with van der Waals surface area (Å²) in [4.78, 5) is 32.9. The maximum Gasteiger partial charge on any atom is 0.243 e.